The van der Waals surface area contributed by atoms with Crippen LogP contribution in [0.5, 0.6) is 0 Å². The van der Waals surface area contributed by atoms with Crippen LogP contribution in [0, 0.1) is 11.2 Å². The summed E-state index contributed by atoms with van der Waals surface area (Å²) in [6.07, 6.45) is 3.96. The molecule has 1 aliphatic carbocycles. The molecule has 0 atom stereocenters. The Hall–Kier alpha value is -2.11. The molecule has 2 aromatic carbocycles. The van der Waals surface area contributed by atoms with Crippen molar-refractivity contribution >= 4 is 34.9 Å². The Morgan fingerprint density at radius 1 is 1.13 bits per heavy atom. The van der Waals surface area contributed by atoms with Gasteiger partial charge in [0, 0.05) is 23.4 Å². The predicted octanol–water partition coefficient (Wildman–Crippen LogP) is 6.77. The van der Waals surface area contributed by atoms with E-state index in [0.717, 1.165) is 47.4 Å². The topological polar surface area (TPSA) is 29.0 Å². The Morgan fingerprint density at radius 2 is 1.90 bits per heavy atom. The van der Waals surface area contributed by atoms with E-state index < -0.39 is 5.82 Å². The summed E-state index contributed by atoms with van der Waals surface area (Å²) < 4.78 is 14.1. The zero-order valence-electron chi connectivity index (χ0n) is 17.0. The maximum Gasteiger partial charge on any atom is 0.155 e. The SMILES string of the molecule is CC1(C)CC2(CN(c3ccc(Cl)c(F)c3)c3ncc(SCc4ccccc4)nc32)C1. The number of benzene rings is 2. The third-order valence-electron chi connectivity index (χ3n) is 6.03. The lowest BCUT2D eigenvalue weighted by atomic mass is 9.54. The molecule has 0 N–H and O–H groups in total. The second kappa shape index (κ2) is 7.24. The third kappa shape index (κ3) is 3.48. The maximum atomic E-state index is 14.1. The van der Waals surface area contributed by atoms with Gasteiger partial charge in [-0.3, -0.25) is 0 Å². The van der Waals surface area contributed by atoms with E-state index in [1.165, 1.54) is 11.6 Å². The van der Waals surface area contributed by atoms with Gasteiger partial charge in [-0.2, -0.15) is 0 Å². The molecule has 5 rings (SSSR count). The molecule has 1 aliphatic heterocycles. The summed E-state index contributed by atoms with van der Waals surface area (Å²) in [5, 5.41) is 1.07. The molecule has 154 valence electrons. The molecule has 3 aromatic rings. The first-order valence-corrected chi connectivity index (χ1v) is 11.5. The first-order chi connectivity index (χ1) is 14.4. The van der Waals surface area contributed by atoms with Gasteiger partial charge in [-0.05, 0) is 42.0 Å². The van der Waals surface area contributed by atoms with Crippen molar-refractivity contribution in [2.24, 2.45) is 5.41 Å². The van der Waals surface area contributed by atoms with Crippen molar-refractivity contribution in [3.05, 3.63) is 76.8 Å². The minimum Gasteiger partial charge on any atom is -0.324 e. The number of aromatic nitrogens is 2. The molecule has 0 radical (unpaired) electrons. The van der Waals surface area contributed by atoms with Crippen LogP contribution in [-0.4, -0.2) is 16.5 Å². The first-order valence-electron chi connectivity index (χ1n) is 10.1. The van der Waals surface area contributed by atoms with E-state index in [2.05, 4.69) is 43.0 Å². The van der Waals surface area contributed by atoms with Gasteiger partial charge in [0.05, 0.1) is 16.9 Å². The number of thioether (sulfide) groups is 1. The minimum atomic E-state index is -0.409. The standard InChI is InChI=1S/C24H23ClFN3S/c1-23(2)13-24(14-23)15-29(17-8-9-18(25)19(26)10-17)22-21(24)28-20(11-27-22)30-12-16-6-4-3-5-7-16/h3-11H,12-15H2,1-2H3. The van der Waals surface area contributed by atoms with Crippen LogP contribution in [0.1, 0.15) is 37.9 Å². The summed E-state index contributed by atoms with van der Waals surface area (Å²) in [5.41, 5.74) is 3.36. The van der Waals surface area contributed by atoms with Gasteiger partial charge in [0.2, 0.25) is 0 Å². The molecule has 30 heavy (non-hydrogen) atoms. The van der Waals surface area contributed by atoms with Crippen molar-refractivity contribution in [3.63, 3.8) is 0 Å². The maximum absolute atomic E-state index is 14.1. The number of fused-ring (bicyclic) bond motifs is 2. The second-order valence-electron chi connectivity index (χ2n) is 9.14. The molecule has 0 bridgehead atoms. The summed E-state index contributed by atoms with van der Waals surface area (Å²) in [6.45, 7) is 5.37. The van der Waals surface area contributed by atoms with Crippen molar-refractivity contribution in [1.82, 2.24) is 9.97 Å². The zero-order chi connectivity index (χ0) is 20.9. The molecule has 1 fully saturated rings. The molecule has 2 aliphatic rings. The lowest BCUT2D eigenvalue weighted by Crippen LogP contribution is -2.49. The van der Waals surface area contributed by atoms with Crippen LogP contribution < -0.4 is 4.90 Å². The average Bonchev–Trinajstić information content (AvgIpc) is 3.02. The molecule has 2 heterocycles. The third-order valence-corrected chi connectivity index (χ3v) is 7.30. The average molecular weight is 440 g/mol. The lowest BCUT2D eigenvalue weighted by molar-refractivity contribution is 0.0667. The number of anilines is 2. The van der Waals surface area contributed by atoms with E-state index in [-0.39, 0.29) is 15.9 Å². The second-order valence-corrected chi connectivity index (χ2v) is 10.5. The van der Waals surface area contributed by atoms with Gasteiger partial charge in [-0.1, -0.05) is 55.8 Å². The Labute approximate surface area is 185 Å². The normalized spacial score (nSPS) is 18.3. The van der Waals surface area contributed by atoms with Gasteiger partial charge in [0.25, 0.3) is 0 Å². The molecule has 3 nitrogen and oxygen atoms in total. The highest BCUT2D eigenvalue weighted by Crippen LogP contribution is 2.60. The number of hydrogen-bond donors (Lipinski definition) is 0. The van der Waals surface area contributed by atoms with Crippen molar-refractivity contribution in [2.45, 2.75) is 42.9 Å². The van der Waals surface area contributed by atoms with E-state index in [0.29, 0.717) is 0 Å². The highest BCUT2D eigenvalue weighted by molar-refractivity contribution is 7.98. The van der Waals surface area contributed by atoms with Gasteiger partial charge in [-0.25, -0.2) is 14.4 Å². The van der Waals surface area contributed by atoms with Crippen LogP contribution in [0.25, 0.3) is 0 Å². The fraction of sp³-hybridized carbons (Fsp3) is 0.333. The van der Waals surface area contributed by atoms with E-state index in [1.54, 1.807) is 17.8 Å². The number of nitrogens with zero attached hydrogens (tertiary/aromatic N) is 3. The Morgan fingerprint density at radius 3 is 2.60 bits per heavy atom. The highest BCUT2D eigenvalue weighted by atomic mass is 35.5. The van der Waals surface area contributed by atoms with Crippen LogP contribution in [0.15, 0.2) is 59.8 Å². The van der Waals surface area contributed by atoms with Crippen molar-refractivity contribution in [1.29, 1.82) is 0 Å². The van der Waals surface area contributed by atoms with Crippen LogP contribution in [-0.2, 0) is 11.2 Å². The van der Waals surface area contributed by atoms with Gasteiger partial charge >= 0.3 is 0 Å². The van der Waals surface area contributed by atoms with E-state index >= 15 is 0 Å². The molecule has 0 amide bonds. The summed E-state index contributed by atoms with van der Waals surface area (Å²) in [6, 6.07) is 15.4. The molecule has 1 saturated carbocycles. The predicted molar refractivity (Wildman–Crippen MR) is 121 cm³/mol. The van der Waals surface area contributed by atoms with Crippen LogP contribution in [0.3, 0.4) is 0 Å². The molecule has 1 spiro atoms. The monoisotopic (exact) mass is 439 g/mol. The van der Waals surface area contributed by atoms with Gasteiger partial charge in [-0.15, -0.1) is 11.8 Å². The molecule has 6 heteroatoms. The van der Waals surface area contributed by atoms with Crippen LogP contribution in [0.4, 0.5) is 15.9 Å². The van der Waals surface area contributed by atoms with Crippen molar-refractivity contribution in [3.8, 4) is 0 Å². The fourth-order valence-corrected chi connectivity index (χ4v) is 6.01. The number of hydrogen-bond acceptors (Lipinski definition) is 4. The van der Waals surface area contributed by atoms with Crippen molar-refractivity contribution < 1.29 is 4.39 Å². The number of halogens is 2. The summed E-state index contributed by atoms with van der Waals surface area (Å²) >= 11 is 7.61. The van der Waals surface area contributed by atoms with Gasteiger partial charge in [0.1, 0.15) is 10.8 Å². The first kappa shape index (κ1) is 19.8. The Balaban J connectivity index is 1.48. The molecule has 1 aromatic heterocycles. The highest BCUT2D eigenvalue weighted by Gasteiger charge is 2.57. The summed E-state index contributed by atoms with van der Waals surface area (Å²) in [4.78, 5) is 12.0. The Kier molecular flexibility index (Phi) is 4.79. The van der Waals surface area contributed by atoms with E-state index in [1.807, 2.05) is 18.3 Å². The van der Waals surface area contributed by atoms with Crippen LogP contribution in [0.2, 0.25) is 5.02 Å². The largest absolute Gasteiger partial charge is 0.324 e. The van der Waals surface area contributed by atoms with Crippen LogP contribution >= 0.6 is 23.4 Å². The molecular weight excluding hydrogens is 417 g/mol. The fourth-order valence-electron chi connectivity index (χ4n) is 5.10. The summed E-state index contributed by atoms with van der Waals surface area (Å²) in [7, 11) is 0. The van der Waals surface area contributed by atoms with Gasteiger partial charge in [0.15, 0.2) is 5.82 Å². The molecule has 0 unspecified atom stereocenters. The molecule has 0 saturated heterocycles. The molecular formula is C24H23ClFN3S. The van der Waals surface area contributed by atoms with Gasteiger partial charge < -0.3 is 4.90 Å². The lowest BCUT2D eigenvalue weighted by Gasteiger charge is -2.51. The zero-order valence-corrected chi connectivity index (χ0v) is 18.6. The number of rotatable bonds is 4. The Bertz CT molecular complexity index is 1090. The van der Waals surface area contributed by atoms with Crippen molar-refractivity contribution in [2.75, 3.05) is 11.4 Å². The van der Waals surface area contributed by atoms with E-state index in [9.17, 15) is 4.39 Å². The smallest absolute Gasteiger partial charge is 0.155 e. The van der Waals surface area contributed by atoms with E-state index in [4.69, 9.17) is 21.6 Å². The quantitative estimate of drug-likeness (QED) is 0.419. The minimum absolute atomic E-state index is 0.0226. The summed E-state index contributed by atoms with van der Waals surface area (Å²) in [5.74, 6) is 1.30.